The maximum atomic E-state index is 4.39. The molecule has 0 atom stereocenters. The fourth-order valence-electron chi connectivity index (χ4n) is 1.86. The summed E-state index contributed by atoms with van der Waals surface area (Å²) < 4.78 is 0. The van der Waals surface area contributed by atoms with E-state index in [0.717, 1.165) is 24.2 Å². The average Bonchev–Trinajstić information content (AvgIpc) is 2.48. The van der Waals surface area contributed by atoms with Gasteiger partial charge in [-0.3, -0.25) is 4.98 Å². The molecule has 2 rings (SSSR count). The Balaban J connectivity index is 1.83. The molecule has 0 radical (unpaired) electrons. The van der Waals surface area contributed by atoms with Crippen molar-refractivity contribution < 1.29 is 0 Å². The maximum Gasteiger partial charge on any atom is 0.0583 e. The van der Waals surface area contributed by atoms with Crippen molar-refractivity contribution in [3.05, 3.63) is 65.5 Å². The zero-order chi connectivity index (χ0) is 13.3. The van der Waals surface area contributed by atoms with Crippen LogP contribution in [0.2, 0.25) is 0 Å². The second-order valence-electron chi connectivity index (χ2n) is 4.23. The van der Waals surface area contributed by atoms with Gasteiger partial charge in [0, 0.05) is 18.3 Å². The third-order valence-electron chi connectivity index (χ3n) is 2.88. The summed E-state index contributed by atoms with van der Waals surface area (Å²) in [5.41, 5.74) is 3.47. The molecule has 0 amide bonds. The van der Waals surface area contributed by atoms with Crippen molar-refractivity contribution in [2.24, 2.45) is 0 Å². The van der Waals surface area contributed by atoms with E-state index in [9.17, 15) is 0 Å². The monoisotopic (exact) mass is 250 g/mol. The van der Waals surface area contributed by atoms with Gasteiger partial charge in [-0.15, -0.1) is 0 Å². The molecule has 2 heteroatoms. The van der Waals surface area contributed by atoms with Gasteiger partial charge in [-0.05, 0) is 30.2 Å². The standard InChI is InChI=1S/C17H18N2/c1-2-16-11-7-13-19-17(16)14-18-12-6-10-15-8-4-3-5-9-15/h3-5,7-9,11,13,18H,2,12,14H2,1H3. The molecule has 0 saturated carbocycles. The molecule has 96 valence electrons. The van der Waals surface area contributed by atoms with Gasteiger partial charge in [0.1, 0.15) is 0 Å². The lowest BCUT2D eigenvalue weighted by molar-refractivity contribution is 0.738. The Kier molecular flexibility index (Phi) is 5.16. The molecule has 0 aliphatic rings. The van der Waals surface area contributed by atoms with Crippen LogP contribution in [0.5, 0.6) is 0 Å². The van der Waals surface area contributed by atoms with Gasteiger partial charge in [-0.2, -0.15) is 0 Å². The first kappa shape index (κ1) is 13.3. The first-order valence-electron chi connectivity index (χ1n) is 6.57. The smallest absolute Gasteiger partial charge is 0.0583 e. The highest BCUT2D eigenvalue weighted by molar-refractivity contribution is 5.33. The summed E-state index contributed by atoms with van der Waals surface area (Å²) in [5, 5.41) is 3.31. The van der Waals surface area contributed by atoms with Crippen LogP contribution in [0.25, 0.3) is 0 Å². The fraction of sp³-hybridized carbons (Fsp3) is 0.235. The van der Waals surface area contributed by atoms with Crippen LogP contribution in [0.1, 0.15) is 23.7 Å². The van der Waals surface area contributed by atoms with E-state index in [0.29, 0.717) is 6.54 Å². The third kappa shape index (κ3) is 4.24. The normalized spacial score (nSPS) is 9.74. The number of hydrogen-bond donors (Lipinski definition) is 1. The van der Waals surface area contributed by atoms with Gasteiger partial charge >= 0.3 is 0 Å². The minimum atomic E-state index is 0.675. The van der Waals surface area contributed by atoms with Crippen molar-refractivity contribution in [3.63, 3.8) is 0 Å². The first-order chi connectivity index (χ1) is 9.40. The molecule has 1 heterocycles. The van der Waals surface area contributed by atoms with Crippen LogP contribution < -0.4 is 5.32 Å². The van der Waals surface area contributed by atoms with E-state index in [1.54, 1.807) is 0 Å². The lowest BCUT2D eigenvalue weighted by Gasteiger charge is -2.05. The quantitative estimate of drug-likeness (QED) is 0.666. The molecule has 0 aliphatic carbocycles. The van der Waals surface area contributed by atoms with Gasteiger partial charge in [0.15, 0.2) is 0 Å². The first-order valence-corrected chi connectivity index (χ1v) is 6.57. The summed E-state index contributed by atoms with van der Waals surface area (Å²) in [6, 6.07) is 14.1. The minimum absolute atomic E-state index is 0.675. The van der Waals surface area contributed by atoms with Crippen LogP contribution in [0.15, 0.2) is 48.7 Å². The molecule has 0 fully saturated rings. The second-order valence-corrected chi connectivity index (χ2v) is 4.23. The maximum absolute atomic E-state index is 4.39. The molecular weight excluding hydrogens is 232 g/mol. The largest absolute Gasteiger partial charge is 0.301 e. The van der Waals surface area contributed by atoms with E-state index >= 15 is 0 Å². The van der Waals surface area contributed by atoms with Crippen molar-refractivity contribution >= 4 is 0 Å². The molecule has 0 unspecified atom stereocenters. The van der Waals surface area contributed by atoms with Gasteiger partial charge in [-0.25, -0.2) is 0 Å². The highest BCUT2D eigenvalue weighted by Gasteiger charge is 1.99. The van der Waals surface area contributed by atoms with Crippen molar-refractivity contribution in [3.8, 4) is 11.8 Å². The Morgan fingerprint density at radius 3 is 2.74 bits per heavy atom. The van der Waals surface area contributed by atoms with Crippen LogP contribution in [-0.4, -0.2) is 11.5 Å². The van der Waals surface area contributed by atoms with Crippen LogP contribution in [0, 0.1) is 11.8 Å². The van der Waals surface area contributed by atoms with Gasteiger partial charge in [-0.1, -0.05) is 43.0 Å². The SMILES string of the molecule is CCc1cccnc1CNCC#Cc1ccccc1. The molecule has 0 spiro atoms. The van der Waals surface area contributed by atoms with Gasteiger partial charge < -0.3 is 5.32 Å². The molecule has 0 bridgehead atoms. The summed E-state index contributed by atoms with van der Waals surface area (Å²) in [7, 11) is 0. The average molecular weight is 250 g/mol. The molecule has 19 heavy (non-hydrogen) atoms. The zero-order valence-electron chi connectivity index (χ0n) is 11.2. The topological polar surface area (TPSA) is 24.9 Å². The summed E-state index contributed by atoms with van der Waals surface area (Å²) in [6.45, 7) is 3.60. The number of aromatic nitrogens is 1. The highest BCUT2D eigenvalue weighted by Crippen LogP contribution is 2.05. The lowest BCUT2D eigenvalue weighted by Crippen LogP contribution is -2.15. The third-order valence-corrected chi connectivity index (χ3v) is 2.88. The fourth-order valence-corrected chi connectivity index (χ4v) is 1.86. The Labute approximate surface area is 114 Å². The van der Waals surface area contributed by atoms with E-state index in [1.807, 2.05) is 42.6 Å². The number of pyridine rings is 1. The molecule has 2 aromatic rings. The van der Waals surface area contributed by atoms with Crippen molar-refractivity contribution in [1.82, 2.24) is 10.3 Å². The van der Waals surface area contributed by atoms with E-state index in [1.165, 1.54) is 5.56 Å². The molecular formula is C17H18N2. The molecule has 2 nitrogen and oxygen atoms in total. The van der Waals surface area contributed by atoms with Crippen molar-refractivity contribution in [2.75, 3.05) is 6.54 Å². The Morgan fingerprint density at radius 1 is 1.11 bits per heavy atom. The van der Waals surface area contributed by atoms with Crippen molar-refractivity contribution in [2.45, 2.75) is 19.9 Å². The number of aryl methyl sites for hydroxylation is 1. The second kappa shape index (κ2) is 7.35. The van der Waals surface area contributed by atoms with Gasteiger partial charge in [0.05, 0.1) is 12.2 Å². The summed E-state index contributed by atoms with van der Waals surface area (Å²) in [6.07, 6.45) is 2.85. The zero-order valence-corrected chi connectivity index (χ0v) is 11.2. The summed E-state index contributed by atoms with van der Waals surface area (Å²) >= 11 is 0. The Hall–Kier alpha value is -2.11. The number of nitrogens with zero attached hydrogens (tertiary/aromatic N) is 1. The van der Waals surface area contributed by atoms with E-state index < -0.39 is 0 Å². The van der Waals surface area contributed by atoms with Crippen LogP contribution in [-0.2, 0) is 13.0 Å². The molecule has 1 N–H and O–H groups in total. The van der Waals surface area contributed by atoms with E-state index in [-0.39, 0.29) is 0 Å². The van der Waals surface area contributed by atoms with E-state index in [4.69, 9.17) is 0 Å². The number of benzene rings is 1. The van der Waals surface area contributed by atoms with E-state index in [2.05, 4.69) is 35.1 Å². The predicted molar refractivity (Wildman–Crippen MR) is 78.6 cm³/mol. The molecule has 0 aliphatic heterocycles. The summed E-state index contributed by atoms with van der Waals surface area (Å²) in [5.74, 6) is 6.25. The number of nitrogens with one attached hydrogen (secondary N) is 1. The van der Waals surface area contributed by atoms with Crippen molar-refractivity contribution in [1.29, 1.82) is 0 Å². The lowest BCUT2D eigenvalue weighted by atomic mass is 10.1. The predicted octanol–water partition coefficient (Wildman–Crippen LogP) is 2.79. The Morgan fingerprint density at radius 2 is 1.95 bits per heavy atom. The Bertz CT molecular complexity index is 565. The minimum Gasteiger partial charge on any atom is -0.301 e. The number of hydrogen-bond acceptors (Lipinski definition) is 2. The van der Waals surface area contributed by atoms with Crippen LogP contribution >= 0.6 is 0 Å². The highest BCUT2D eigenvalue weighted by atomic mass is 14.9. The number of rotatable bonds is 4. The van der Waals surface area contributed by atoms with Crippen LogP contribution in [0.3, 0.4) is 0 Å². The molecule has 0 saturated heterocycles. The van der Waals surface area contributed by atoms with Gasteiger partial charge in [0.25, 0.3) is 0 Å². The molecule has 1 aromatic carbocycles. The van der Waals surface area contributed by atoms with Gasteiger partial charge in [0.2, 0.25) is 0 Å². The summed E-state index contributed by atoms with van der Waals surface area (Å²) in [4.78, 5) is 4.39. The van der Waals surface area contributed by atoms with Crippen LogP contribution in [0.4, 0.5) is 0 Å². The molecule has 1 aromatic heterocycles.